The number of primary sulfonamides is 1. The molecule has 0 radical (unpaired) electrons. The maximum absolute atomic E-state index is 13.7. The van der Waals surface area contributed by atoms with Crippen LogP contribution >= 0.6 is 0 Å². The Bertz CT molecular complexity index is 686. The number of sulfonamides is 2. The zero-order valence-corrected chi connectivity index (χ0v) is 11.7. The molecule has 108 valence electrons. The van der Waals surface area contributed by atoms with Crippen LogP contribution in [-0.2, 0) is 20.0 Å². The molecule has 5 N–H and O–H groups in total. The molecular formula is C9H14FN3O4S2. The summed E-state index contributed by atoms with van der Waals surface area (Å²) >= 11 is 0. The second kappa shape index (κ2) is 5.41. The highest BCUT2D eigenvalue weighted by Crippen LogP contribution is 2.21. The Morgan fingerprint density at radius 2 is 1.84 bits per heavy atom. The second-order valence-corrected chi connectivity index (χ2v) is 7.38. The van der Waals surface area contributed by atoms with Crippen molar-refractivity contribution in [1.29, 1.82) is 0 Å². The van der Waals surface area contributed by atoms with E-state index >= 15 is 0 Å². The van der Waals surface area contributed by atoms with Crippen molar-refractivity contribution in [3.05, 3.63) is 23.5 Å². The number of anilines is 1. The van der Waals surface area contributed by atoms with Gasteiger partial charge in [-0.2, -0.15) is 0 Å². The van der Waals surface area contributed by atoms with Crippen LogP contribution < -0.4 is 15.6 Å². The number of hydrogen-bond acceptors (Lipinski definition) is 5. The Morgan fingerprint density at radius 3 is 2.37 bits per heavy atom. The van der Waals surface area contributed by atoms with Gasteiger partial charge < -0.3 is 5.73 Å². The van der Waals surface area contributed by atoms with E-state index in [4.69, 9.17) is 10.9 Å². The molecular weight excluding hydrogens is 297 g/mol. The monoisotopic (exact) mass is 311 g/mol. The van der Waals surface area contributed by atoms with Gasteiger partial charge in [-0.3, -0.25) is 0 Å². The fourth-order valence-electron chi connectivity index (χ4n) is 1.36. The third-order valence-electron chi connectivity index (χ3n) is 2.21. The molecule has 1 rings (SSSR count). The minimum Gasteiger partial charge on any atom is -0.399 e. The van der Waals surface area contributed by atoms with Gasteiger partial charge in [0.05, 0.1) is 5.75 Å². The molecule has 1 aromatic rings. The van der Waals surface area contributed by atoms with Crippen LogP contribution in [0.5, 0.6) is 0 Å². The summed E-state index contributed by atoms with van der Waals surface area (Å²) in [5, 5.41) is 4.72. The van der Waals surface area contributed by atoms with Crippen molar-refractivity contribution in [2.75, 3.05) is 18.0 Å². The van der Waals surface area contributed by atoms with Crippen LogP contribution in [-0.4, -0.2) is 29.1 Å². The standard InChI is InChI=1S/C9H14FN3O4S2/c1-6-4-7(11)5-8(9(6)10)19(16,17)13-2-3-18(12,14)15/h4-5,13H,2-3,11H2,1H3,(H2,12,14,15). The highest BCUT2D eigenvalue weighted by atomic mass is 32.2. The highest BCUT2D eigenvalue weighted by Gasteiger charge is 2.21. The number of halogens is 1. The SMILES string of the molecule is Cc1cc(N)cc(S(=O)(=O)NCCS(N)(=O)=O)c1F. The number of hydrogen-bond donors (Lipinski definition) is 3. The molecule has 0 aliphatic heterocycles. The van der Waals surface area contributed by atoms with Crippen LogP contribution in [0, 0.1) is 12.7 Å². The zero-order chi connectivity index (χ0) is 14.8. The molecule has 10 heteroatoms. The number of rotatable bonds is 5. The van der Waals surface area contributed by atoms with Gasteiger partial charge in [0.15, 0.2) is 0 Å². The maximum Gasteiger partial charge on any atom is 0.243 e. The fourth-order valence-corrected chi connectivity index (χ4v) is 3.09. The zero-order valence-electron chi connectivity index (χ0n) is 10.1. The number of nitrogens with two attached hydrogens (primary N) is 2. The van der Waals surface area contributed by atoms with Crippen molar-refractivity contribution in [3.63, 3.8) is 0 Å². The van der Waals surface area contributed by atoms with Crippen molar-refractivity contribution in [2.24, 2.45) is 5.14 Å². The Kier molecular flexibility index (Phi) is 4.50. The number of nitrogens with one attached hydrogen (secondary N) is 1. The molecule has 0 aliphatic carbocycles. The summed E-state index contributed by atoms with van der Waals surface area (Å²) in [5.74, 6) is -1.52. The molecule has 0 amide bonds. The third kappa shape index (κ3) is 4.42. The van der Waals surface area contributed by atoms with Gasteiger partial charge in [-0.1, -0.05) is 0 Å². The number of aryl methyl sites for hydroxylation is 1. The molecule has 0 bridgehead atoms. The van der Waals surface area contributed by atoms with Crippen LogP contribution in [0.3, 0.4) is 0 Å². The first kappa shape index (κ1) is 15.8. The smallest absolute Gasteiger partial charge is 0.243 e. The van der Waals surface area contributed by atoms with Crippen LogP contribution in [0.25, 0.3) is 0 Å². The van der Waals surface area contributed by atoms with E-state index in [0.29, 0.717) is 0 Å². The van der Waals surface area contributed by atoms with Gasteiger partial charge >= 0.3 is 0 Å². The van der Waals surface area contributed by atoms with Gasteiger partial charge in [0.25, 0.3) is 0 Å². The first-order valence-corrected chi connectivity index (χ1v) is 8.28. The van der Waals surface area contributed by atoms with Crippen LogP contribution in [0.2, 0.25) is 0 Å². The molecule has 0 fully saturated rings. The molecule has 1 aromatic carbocycles. The summed E-state index contributed by atoms with van der Waals surface area (Å²) in [6, 6.07) is 2.25. The van der Waals surface area contributed by atoms with Gasteiger partial charge in [0, 0.05) is 12.2 Å². The number of nitrogen functional groups attached to an aromatic ring is 1. The molecule has 0 saturated carbocycles. The summed E-state index contributed by atoms with van der Waals surface area (Å²) in [6.45, 7) is 0.920. The van der Waals surface area contributed by atoms with Crippen molar-refractivity contribution in [2.45, 2.75) is 11.8 Å². The number of benzene rings is 1. The van der Waals surface area contributed by atoms with Gasteiger partial charge in [-0.15, -0.1) is 0 Å². The average Bonchev–Trinajstić information content (AvgIpc) is 2.20. The Balaban J connectivity index is 3.02. The molecule has 0 unspecified atom stereocenters. The van der Waals surface area contributed by atoms with Crippen molar-refractivity contribution >= 4 is 25.7 Å². The molecule has 0 spiro atoms. The largest absolute Gasteiger partial charge is 0.399 e. The first-order valence-electron chi connectivity index (χ1n) is 5.09. The Hall–Kier alpha value is -1.23. The lowest BCUT2D eigenvalue weighted by molar-refractivity contribution is 0.554. The predicted octanol–water partition coefficient (Wildman–Crippen LogP) is -0.717. The average molecular weight is 311 g/mol. The Morgan fingerprint density at radius 1 is 1.26 bits per heavy atom. The minimum atomic E-state index is -4.18. The summed E-state index contributed by atoms with van der Waals surface area (Å²) in [5.41, 5.74) is 5.61. The van der Waals surface area contributed by atoms with Crippen LogP contribution in [0.1, 0.15) is 5.56 Å². The normalized spacial score (nSPS) is 12.6. The van der Waals surface area contributed by atoms with E-state index in [1.807, 2.05) is 4.72 Å². The van der Waals surface area contributed by atoms with E-state index in [1.165, 1.54) is 13.0 Å². The lowest BCUT2D eigenvalue weighted by Gasteiger charge is -2.09. The van der Waals surface area contributed by atoms with E-state index in [2.05, 4.69) is 0 Å². The molecule has 19 heavy (non-hydrogen) atoms. The van der Waals surface area contributed by atoms with E-state index in [9.17, 15) is 21.2 Å². The quantitative estimate of drug-likeness (QED) is 0.617. The predicted molar refractivity (Wildman–Crippen MR) is 68.7 cm³/mol. The summed E-state index contributed by atoms with van der Waals surface area (Å²) in [7, 11) is -7.98. The molecule has 7 nitrogen and oxygen atoms in total. The third-order valence-corrected chi connectivity index (χ3v) is 4.45. The Labute approximate surface area is 110 Å². The minimum absolute atomic E-state index is 0.0758. The fraction of sp³-hybridized carbons (Fsp3) is 0.333. The van der Waals surface area contributed by atoms with E-state index in [-0.39, 0.29) is 11.3 Å². The maximum atomic E-state index is 13.7. The first-order chi connectivity index (χ1) is 8.53. The van der Waals surface area contributed by atoms with Gasteiger partial charge in [0.1, 0.15) is 10.7 Å². The van der Waals surface area contributed by atoms with E-state index in [0.717, 1.165) is 6.07 Å². The molecule has 0 aliphatic rings. The van der Waals surface area contributed by atoms with Crippen molar-refractivity contribution in [3.8, 4) is 0 Å². The van der Waals surface area contributed by atoms with Crippen LogP contribution in [0.15, 0.2) is 17.0 Å². The van der Waals surface area contributed by atoms with Crippen molar-refractivity contribution < 1.29 is 21.2 Å². The molecule has 0 saturated heterocycles. The lowest BCUT2D eigenvalue weighted by atomic mass is 10.2. The van der Waals surface area contributed by atoms with E-state index < -0.39 is 43.1 Å². The molecule has 0 aromatic heterocycles. The summed E-state index contributed by atoms with van der Waals surface area (Å²) in [6.07, 6.45) is 0. The summed E-state index contributed by atoms with van der Waals surface area (Å²) in [4.78, 5) is -0.626. The lowest BCUT2D eigenvalue weighted by Crippen LogP contribution is -2.32. The van der Waals surface area contributed by atoms with Gasteiger partial charge in [-0.05, 0) is 24.6 Å². The van der Waals surface area contributed by atoms with E-state index in [1.54, 1.807) is 0 Å². The summed E-state index contributed by atoms with van der Waals surface area (Å²) < 4.78 is 60.6. The second-order valence-electron chi connectivity index (χ2n) is 3.91. The van der Waals surface area contributed by atoms with Crippen LogP contribution in [0.4, 0.5) is 10.1 Å². The topological polar surface area (TPSA) is 132 Å². The highest BCUT2D eigenvalue weighted by molar-refractivity contribution is 7.90. The van der Waals surface area contributed by atoms with Gasteiger partial charge in [-0.25, -0.2) is 31.1 Å². The molecule has 0 atom stereocenters. The van der Waals surface area contributed by atoms with Gasteiger partial charge in [0.2, 0.25) is 20.0 Å². The van der Waals surface area contributed by atoms with Crippen molar-refractivity contribution in [1.82, 2.24) is 4.72 Å². The molecule has 0 heterocycles.